The monoisotopic (exact) mass is 260 g/mol. The Morgan fingerprint density at radius 1 is 1.00 bits per heavy atom. The van der Waals surface area contributed by atoms with Gasteiger partial charge in [-0.3, -0.25) is 0 Å². The second-order valence-electron chi connectivity index (χ2n) is 5.93. The van der Waals surface area contributed by atoms with E-state index in [-0.39, 0.29) is 6.10 Å². The summed E-state index contributed by atoms with van der Waals surface area (Å²) in [7, 11) is 0. The minimum Gasteiger partial charge on any atom is -0.388 e. The number of hydrogen-bond donors (Lipinski definition) is 1. The maximum absolute atomic E-state index is 10.7. The topological polar surface area (TPSA) is 20.2 Å². The second-order valence-corrected chi connectivity index (χ2v) is 5.93. The Morgan fingerprint density at radius 2 is 1.63 bits per heavy atom. The summed E-state index contributed by atoms with van der Waals surface area (Å²) < 4.78 is 0. The van der Waals surface area contributed by atoms with E-state index in [9.17, 15) is 5.11 Å². The van der Waals surface area contributed by atoms with Crippen LogP contribution in [0.25, 0.3) is 0 Å². The molecule has 0 heterocycles. The molecule has 1 aliphatic carbocycles. The van der Waals surface area contributed by atoms with Crippen LogP contribution in [0.2, 0.25) is 0 Å². The molecule has 0 radical (unpaired) electrons. The Balaban J connectivity index is 2.15. The summed E-state index contributed by atoms with van der Waals surface area (Å²) in [4.78, 5) is 0. The molecule has 0 bridgehead atoms. The fourth-order valence-electron chi connectivity index (χ4n) is 3.40. The minimum atomic E-state index is -0.255. The van der Waals surface area contributed by atoms with Gasteiger partial charge in [-0.05, 0) is 48.3 Å². The second kappa shape index (κ2) is 7.09. The van der Waals surface area contributed by atoms with Crippen LogP contribution in [0, 0.1) is 5.92 Å². The fourth-order valence-corrected chi connectivity index (χ4v) is 3.40. The molecule has 0 aromatic heterocycles. The van der Waals surface area contributed by atoms with Crippen molar-refractivity contribution < 1.29 is 5.11 Å². The molecule has 0 saturated heterocycles. The molecule has 1 saturated carbocycles. The summed E-state index contributed by atoms with van der Waals surface area (Å²) in [5.74, 6) is 0.472. The van der Waals surface area contributed by atoms with E-state index >= 15 is 0 Å². The Morgan fingerprint density at radius 3 is 2.21 bits per heavy atom. The number of aryl methyl sites for hydroxylation is 2. The molecular weight excluding hydrogens is 232 g/mol. The SMILES string of the molecule is CCc1ccc(C(O)C2CCCCCC2)cc1CC. The minimum absolute atomic E-state index is 0.255. The molecule has 2 rings (SSSR count). The van der Waals surface area contributed by atoms with Gasteiger partial charge in [-0.15, -0.1) is 0 Å². The zero-order valence-corrected chi connectivity index (χ0v) is 12.5. The van der Waals surface area contributed by atoms with Gasteiger partial charge in [0.1, 0.15) is 0 Å². The largest absolute Gasteiger partial charge is 0.388 e. The van der Waals surface area contributed by atoms with Crippen molar-refractivity contribution in [3.8, 4) is 0 Å². The van der Waals surface area contributed by atoms with Crippen molar-refractivity contribution in [3.63, 3.8) is 0 Å². The van der Waals surface area contributed by atoms with Crippen molar-refractivity contribution in [2.45, 2.75) is 71.3 Å². The number of aliphatic hydroxyl groups is 1. The lowest BCUT2D eigenvalue weighted by Gasteiger charge is -2.22. The maximum atomic E-state index is 10.7. The summed E-state index contributed by atoms with van der Waals surface area (Å²) in [5.41, 5.74) is 3.98. The van der Waals surface area contributed by atoms with Crippen LogP contribution in [-0.4, -0.2) is 5.11 Å². The summed E-state index contributed by atoms with van der Waals surface area (Å²) in [5, 5.41) is 10.7. The van der Waals surface area contributed by atoms with Crippen LogP contribution in [0.4, 0.5) is 0 Å². The molecular formula is C18H28O. The highest BCUT2D eigenvalue weighted by atomic mass is 16.3. The van der Waals surface area contributed by atoms with Crippen molar-refractivity contribution >= 4 is 0 Å². The molecule has 106 valence electrons. The average molecular weight is 260 g/mol. The molecule has 1 aromatic carbocycles. The van der Waals surface area contributed by atoms with Crippen LogP contribution < -0.4 is 0 Å². The van der Waals surface area contributed by atoms with Crippen LogP contribution in [-0.2, 0) is 12.8 Å². The first-order valence-electron chi connectivity index (χ1n) is 8.06. The predicted octanol–water partition coefficient (Wildman–Crippen LogP) is 4.82. The molecule has 1 unspecified atom stereocenters. The first-order valence-corrected chi connectivity index (χ1v) is 8.06. The molecule has 1 aromatic rings. The number of benzene rings is 1. The van der Waals surface area contributed by atoms with Crippen LogP contribution in [0.15, 0.2) is 18.2 Å². The van der Waals surface area contributed by atoms with Crippen molar-refractivity contribution in [3.05, 3.63) is 34.9 Å². The molecule has 1 aliphatic rings. The highest BCUT2D eigenvalue weighted by Gasteiger charge is 2.22. The van der Waals surface area contributed by atoms with E-state index in [1.165, 1.54) is 49.7 Å². The van der Waals surface area contributed by atoms with Crippen molar-refractivity contribution in [2.24, 2.45) is 5.92 Å². The van der Waals surface area contributed by atoms with E-state index in [2.05, 4.69) is 32.0 Å². The van der Waals surface area contributed by atoms with Gasteiger partial charge in [0, 0.05) is 0 Å². The zero-order chi connectivity index (χ0) is 13.7. The van der Waals surface area contributed by atoms with Gasteiger partial charge in [-0.2, -0.15) is 0 Å². The van der Waals surface area contributed by atoms with E-state index in [0.717, 1.165) is 18.4 Å². The van der Waals surface area contributed by atoms with Gasteiger partial charge in [0.05, 0.1) is 6.10 Å². The predicted molar refractivity (Wildman–Crippen MR) is 81.3 cm³/mol. The van der Waals surface area contributed by atoms with Gasteiger partial charge < -0.3 is 5.11 Å². The zero-order valence-electron chi connectivity index (χ0n) is 12.5. The van der Waals surface area contributed by atoms with Gasteiger partial charge in [0.15, 0.2) is 0 Å². The fraction of sp³-hybridized carbons (Fsp3) is 0.667. The third kappa shape index (κ3) is 3.60. The Labute approximate surface area is 118 Å². The lowest BCUT2D eigenvalue weighted by Crippen LogP contribution is -2.12. The van der Waals surface area contributed by atoms with Gasteiger partial charge in [-0.1, -0.05) is 57.7 Å². The summed E-state index contributed by atoms with van der Waals surface area (Å²) >= 11 is 0. The van der Waals surface area contributed by atoms with E-state index < -0.39 is 0 Å². The third-order valence-corrected chi connectivity index (χ3v) is 4.68. The van der Waals surface area contributed by atoms with E-state index in [0.29, 0.717) is 5.92 Å². The molecule has 1 fully saturated rings. The highest BCUT2D eigenvalue weighted by Crippen LogP contribution is 2.34. The lowest BCUT2D eigenvalue weighted by molar-refractivity contribution is 0.0987. The molecule has 1 heteroatoms. The molecule has 0 amide bonds. The van der Waals surface area contributed by atoms with Crippen molar-refractivity contribution in [2.75, 3.05) is 0 Å². The molecule has 1 N–H and O–H groups in total. The standard InChI is InChI=1S/C18H28O/c1-3-14-11-12-17(13-15(14)4-2)18(19)16-9-7-5-6-8-10-16/h11-13,16,18-19H,3-10H2,1-2H3. The summed E-state index contributed by atoms with van der Waals surface area (Å²) in [6.45, 7) is 4.41. The van der Waals surface area contributed by atoms with E-state index in [1.807, 2.05) is 0 Å². The van der Waals surface area contributed by atoms with Crippen molar-refractivity contribution in [1.82, 2.24) is 0 Å². The number of hydrogen-bond acceptors (Lipinski definition) is 1. The first kappa shape index (κ1) is 14.6. The van der Waals surface area contributed by atoms with Crippen LogP contribution in [0.1, 0.15) is 75.2 Å². The highest BCUT2D eigenvalue weighted by molar-refractivity contribution is 5.33. The average Bonchev–Trinajstić information content (AvgIpc) is 2.74. The van der Waals surface area contributed by atoms with Crippen molar-refractivity contribution in [1.29, 1.82) is 0 Å². The Bertz CT molecular complexity index is 389. The Kier molecular flexibility index (Phi) is 5.45. The molecule has 0 spiro atoms. The summed E-state index contributed by atoms with van der Waals surface area (Å²) in [6, 6.07) is 6.61. The molecule has 19 heavy (non-hydrogen) atoms. The third-order valence-electron chi connectivity index (χ3n) is 4.68. The summed E-state index contributed by atoms with van der Waals surface area (Å²) in [6.07, 6.45) is 9.55. The quantitative estimate of drug-likeness (QED) is 0.770. The molecule has 1 nitrogen and oxygen atoms in total. The van der Waals surface area contributed by atoms with Crippen LogP contribution in [0.5, 0.6) is 0 Å². The number of aliphatic hydroxyl groups excluding tert-OH is 1. The van der Waals surface area contributed by atoms with Gasteiger partial charge in [-0.25, -0.2) is 0 Å². The van der Waals surface area contributed by atoms with E-state index in [4.69, 9.17) is 0 Å². The first-order chi connectivity index (χ1) is 9.26. The number of rotatable bonds is 4. The van der Waals surface area contributed by atoms with Gasteiger partial charge >= 0.3 is 0 Å². The maximum Gasteiger partial charge on any atom is 0.0818 e. The van der Waals surface area contributed by atoms with Crippen LogP contribution >= 0.6 is 0 Å². The van der Waals surface area contributed by atoms with Gasteiger partial charge in [0.25, 0.3) is 0 Å². The molecule has 1 atom stereocenters. The normalized spacial score (nSPS) is 19.1. The van der Waals surface area contributed by atoms with Crippen LogP contribution in [0.3, 0.4) is 0 Å². The Hall–Kier alpha value is -0.820. The van der Waals surface area contributed by atoms with Gasteiger partial charge in [0.2, 0.25) is 0 Å². The van der Waals surface area contributed by atoms with E-state index in [1.54, 1.807) is 0 Å². The smallest absolute Gasteiger partial charge is 0.0818 e. The molecule has 0 aliphatic heterocycles. The lowest BCUT2D eigenvalue weighted by atomic mass is 9.87.